The highest BCUT2D eigenvalue weighted by atomic mass is 16.6. The minimum Gasteiger partial charge on any atom is -0.494 e. The molecule has 0 spiro atoms. The molecule has 1 amide bonds. The number of aliphatic hydroxyl groups excluding tert-OH is 1. The fourth-order valence-electron chi connectivity index (χ4n) is 1.84. The molecule has 0 bridgehead atoms. The molecule has 0 saturated heterocycles. The van der Waals surface area contributed by atoms with E-state index in [9.17, 15) is 19.7 Å². The lowest BCUT2D eigenvalue weighted by molar-refractivity contribution is -0.384. The van der Waals surface area contributed by atoms with Gasteiger partial charge in [0, 0.05) is 12.6 Å². The first-order valence-corrected chi connectivity index (χ1v) is 7.01. The lowest BCUT2D eigenvalue weighted by atomic mass is 10.1. The number of carboxylic acid groups (broad SMARTS) is 1. The topological polar surface area (TPSA) is 151 Å². The van der Waals surface area contributed by atoms with E-state index in [2.05, 4.69) is 10.6 Å². The Morgan fingerprint density at radius 3 is 2.58 bits per heavy atom. The largest absolute Gasteiger partial charge is 0.494 e. The SMILES string of the molecule is COc1cc([N+](=O)[O-])ccc1NC(=O)CC(NCC(C)O)C(=O)O. The fourth-order valence-corrected chi connectivity index (χ4v) is 1.84. The Bertz CT molecular complexity index is 618. The van der Waals surface area contributed by atoms with E-state index in [4.69, 9.17) is 14.9 Å². The van der Waals surface area contributed by atoms with Crippen molar-refractivity contribution in [2.75, 3.05) is 19.0 Å². The summed E-state index contributed by atoms with van der Waals surface area (Å²) in [5.74, 6) is -1.77. The number of amides is 1. The number of ether oxygens (including phenoxy) is 1. The van der Waals surface area contributed by atoms with E-state index >= 15 is 0 Å². The number of carboxylic acids is 1. The van der Waals surface area contributed by atoms with Gasteiger partial charge in [0.2, 0.25) is 5.91 Å². The average Bonchev–Trinajstić information content (AvgIpc) is 2.50. The van der Waals surface area contributed by atoms with Gasteiger partial charge in [-0.2, -0.15) is 0 Å². The number of carbonyl (C=O) groups excluding carboxylic acids is 1. The van der Waals surface area contributed by atoms with Gasteiger partial charge in [0.1, 0.15) is 11.8 Å². The van der Waals surface area contributed by atoms with E-state index in [1.165, 1.54) is 26.2 Å². The summed E-state index contributed by atoms with van der Waals surface area (Å²) in [5.41, 5.74) is -0.0142. The van der Waals surface area contributed by atoms with Crippen LogP contribution in [-0.4, -0.2) is 52.8 Å². The van der Waals surface area contributed by atoms with Gasteiger partial charge < -0.3 is 25.6 Å². The number of non-ortho nitro benzene ring substituents is 1. The van der Waals surface area contributed by atoms with Gasteiger partial charge in [-0.25, -0.2) is 0 Å². The van der Waals surface area contributed by atoms with Gasteiger partial charge in [-0.15, -0.1) is 0 Å². The molecule has 0 heterocycles. The molecule has 2 atom stereocenters. The summed E-state index contributed by atoms with van der Waals surface area (Å²) in [6.07, 6.45) is -1.15. The minimum absolute atomic E-state index is 0.0189. The minimum atomic E-state index is -1.23. The van der Waals surface area contributed by atoms with E-state index in [0.717, 1.165) is 6.07 Å². The molecule has 2 unspecified atom stereocenters. The maximum Gasteiger partial charge on any atom is 0.321 e. The second-order valence-corrected chi connectivity index (χ2v) is 5.04. The highest BCUT2D eigenvalue weighted by molar-refractivity contribution is 5.95. The number of rotatable bonds is 9. The summed E-state index contributed by atoms with van der Waals surface area (Å²) in [7, 11) is 1.29. The molecule has 0 aliphatic rings. The number of aliphatic carboxylic acids is 1. The molecule has 4 N–H and O–H groups in total. The van der Waals surface area contributed by atoms with E-state index < -0.39 is 28.9 Å². The van der Waals surface area contributed by atoms with Crippen molar-refractivity contribution >= 4 is 23.3 Å². The Labute approximate surface area is 137 Å². The summed E-state index contributed by atoms with van der Waals surface area (Å²) < 4.78 is 4.98. The van der Waals surface area contributed by atoms with Gasteiger partial charge in [-0.3, -0.25) is 19.7 Å². The number of nitro benzene ring substituents is 1. The summed E-state index contributed by atoms with van der Waals surface area (Å²) >= 11 is 0. The van der Waals surface area contributed by atoms with Crippen LogP contribution in [0.3, 0.4) is 0 Å². The first-order valence-electron chi connectivity index (χ1n) is 7.01. The van der Waals surface area contributed by atoms with Crippen molar-refractivity contribution in [1.82, 2.24) is 5.32 Å². The normalized spacial score (nSPS) is 13.0. The van der Waals surface area contributed by atoms with Gasteiger partial charge in [0.15, 0.2) is 0 Å². The van der Waals surface area contributed by atoms with Crippen molar-refractivity contribution in [2.24, 2.45) is 0 Å². The third kappa shape index (κ3) is 5.82. The molecule has 0 radical (unpaired) electrons. The van der Waals surface area contributed by atoms with Crippen molar-refractivity contribution < 1.29 is 29.5 Å². The van der Waals surface area contributed by atoms with Crippen LogP contribution in [0.4, 0.5) is 11.4 Å². The zero-order chi connectivity index (χ0) is 18.3. The van der Waals surface area contributed by atoms with Gasteiger partial charge in [-0.05, 0) is 13.0 Å². The van der Waals surface area contributed by atoms with E-state index in [1.54, 1.807) is 0 Å². The van der Waals surface area contributed by atoms with Crippen LogP contribution in [0.5, 0.6) is 5.75 Å². The third-order valence-electron chi connectivity index (χ3n) is 3.02. The number of carbonyl (C=O) groups is 2. The van der Waals surface area contributed by atoms with Crippen molar-refractivity contribution in [2.45, 2.75) is 25.5 Å². The van der Waals surface area contributed by atoms with Crippen LogP contribution in [-0.2, 0) is 9.59 Å². The first-order chi connectivity index (χ1) is 11.2. The van der Waals surface area contributed by atoms with E-state index in [1.807, 2.05) is 0 Å². The van der Waals surface area contributed by atoms with Crippen LogP contribution >= 0.6 is 0 Å². The number of methoxy groups -OCH3 is 1. The van der Waals surface area contributed by atoms with Crippen LogP contribution in [0.2, 0.25) is 0 Å². The summed E-state index contributed by atoms with van der Waals surface area (Å²) in [6.45, 7) is 1.50. The molecule has 0 aliphatic heterocycles. The lowest BCUT2D eigenvalue weighted by Crippen LogP contribution is -2.42. The Hall–Kier alpha value is -2.72. The first kappa shape index (κ1) is 19.3. The molecule has 1 aromatic carbocycles. The van der Waals surface area contributed by atoms with Crippen molar-refractivity contribution in [3.05, 3.63) is 28.3 Å². The monoisotopic (exact) mass is 341 g/mol. The van der Waals surface area contributed by atoms with Gasteiger partial charge in [0.05, 0.1) is 36.3 Å². The van der Waals surface area contributed by atoms with Crippen LogP contribution in [0.1, 0.15) is 13.3 Å². The van der Waals surface area contributed by atoms with E-state index in [0.29, 0.717) is 0 Å². The number of aliphatic hydroxyl groups is 1. The second kappa shape index (κ2) is 8.79. The van der Waals surface area contributed by atoms with Crippen LogP contribution in [0.25, 0.3) is 0 Å². The standard InChI is InChI=1S/C14H19N3O7/c1-8(18)7-15-11(14(20)21)6-13(19)16-10-4-3-9(17(22)23)5-12(10)24-2/h3-5,8,11,15,18H,6-7H2,1-2H3,(H,16,19)(H,20,21). The molecular formula is C14H19N3O7. The molecule has 0 aromatic heterocycles. The third-order valence-corrected chi connectivity index (χ3v) is 3.02. The number of nitrogens with zero attached hydrogens (tertiary/aromatic N) is 1. The fraction of sp³-hybridized carbons (Fsp3) is 0.429. The molecule has 10 nitrogen and oxygen atoms in total. The van der Waals surface area contributed by atoms with E-state index in [-0.39, 0.29) is 30.1 Å². The Morgan fingerprint density at radius 1 is 1.42 bits per heavy atom. The maximum absolute atomic E-state index is 12.0. The molecule has 10 heteroatoms. The summed E-state index contributed by atoms with van der Waals surface area (Å²) in [5, 5.41) is 34.0. The number of nitrogens with one attached hydrogen (secondary N) is 2. The highest BCUT2D eigenvalue weighted by Gasteiger charge is 2.22. The Balaban J connectivity index is 2.79. The molecule has 0 saturated carbocycles. The van der Waals surface area contributed by atoms with Gasteiger partial charge >= 0.3 is 5.97 Å². The molecule has 24 heavy (non-hydrogen) atoms. The number of benzene rings is 1. The van der Waals surface area contributed by atoms with Crippen molar-refractivity contribution in [1.29, 1.82) is 0 Å². The lowest BCUT2D eigenvalue weighted by Gasteiger charge is -2.16. The molecule has 0 aliphatic carbocycles. The number of anilines is 1. The Kier molecular flexibility index (Phi) is 7.08. The number of hydrogen-bond donors (Lipinski definition) is 4. The summed E-state index contributed by atoms with van der Waals surface area (Å²) in [6, 6.07) is 2.46. The Morgan fingerprint density at radius 2 is 2.08 bits per heavy atom. The van der Waals surface area contributed by atoms with Crippen LogP contribution < -0.4 is 15.4 Å². The number of hydrogen-bond acceptors (Lipinski definition) is 7. The average molecular weight is 341 g/mol. The zero-order valence-corrected chi connectivity index (χ0v) is 13.2. The van der Waals surface area contributed by atoms with Gasteiger partial charge in [0.25, 0.3) is 5.69 Å². The van der Waals surface area contributed by atoms with Crippen molar-refractivity contribution in [3.8, 4) is 5.75 Å². The number of nitro groups is 1. The predicted octanol–water partition coefficient (Wildman–Crippen LogP) is 0.356. The van der Waals surface area contributed by atoms with Crippen LogP contribution in [0.15, 0.2) is 18.2 Å². The zero-order valence-electron chi connectivity index (χ0n) is 13.2. The van der Waals surface area contributed by atoms with Gasteiger partial charge in [-0.1, -0.05) is 0 Å². The maximum atomic E-state index is 12.0. The van der Waals surface area contributed by atoms with Crippen molar-refractivity contribution in [3.63, 3.8) is 0 Å². The molecule has 132 valence electrons. The molecule has 1 rings (SSSR count). The predicted molar refractivity (Wildman–Crippen MR) is 84.0 cm³/mol. The molecule has 1 aromatic rings. The summed E-state index contributed by atoms with van der Waals surface area (Å²) in [4.78, 5) is 33.2. The highest BCUT2D eigenvalue weighted by Crippen LogP contribution is 2.29. The molecule has 0 fully saturated rings. The second-order valence-electron chi connectivity index (χ2n) is 5.04. The molecular weight excluding hydrogens is 322 g/mol. The smallest absolute Gasteiger partial charge is 0.321 e. The van der Waals surface area contributed by atoms with Crippen LogP contribution in [0, 0.1) is 10.1 Å². The quantitative estimate of drug-likeness (QED) is 0.371.